The summed E-state index contributed by atoms with van der Waals surface area (Å²) in [7, 11) is 0. The van der Waals surface area contributed by atoms with Gasteiger partial charge in [0.2, 0.25) is 0 Å². The number of nitrogens with zero attached hydrogens (tertiary/aromatic N) is 2. The summed E-state index contributed by atoms with van der Waals surface area (Å²) < 4.78 is 12.4. The third-order valence-corrected chi connectivity index (χ3v) is 7.51. The van der Waals surface area contributed by atoms with Crippen molar-refractivity contribution in [2.75, 3.05) is 18.1 Å². The topological polar surface area (TPSA) is 89.0 Å². The first-order valence-electron chi connectivity index (χ1n) is 13.0. The standard InChI is InChI=1S/C31H30N2O5S/c1-4-37-23-13-14-24-25(18-23)39-31(32-24)33-27(21-11-8-12-22(17-21)38-16-15-19(2)3)26(29(35)30(33)36)28(34)20-9-6-5-7-10-20/h5-14,17-19,27,34H,4,15-16H2,1-3H3/b28-26+. The van der Waals surface area contributed by atoms with E-state index in [9.17, 15) is 14.7 Å². The van der Waals surface area contributed by atoms with Gasteiger partial charge in [0.15, 0.2) is 5.13 Å². The second-order valence-corrected chi connectivity index (χ2v) is 10.7. The number of ketones is 1. The van der Waals surface area contributed by atoms with Crippen LogP contribution in [-0.4, -0.2) is 35.0 Å². The maximum atomic E-state index is 13.6. The molecule has 3 aromatic carbocycles. The zero-order chi connectivity index (χ0) is 27.5. The van der Waals surface area contributed by atoms with E-state index < -0.39 is 17.7 Å². The van der Waals surface area contributed by atoms with Gasteiger partial charge in [-0.2, -0.15) is 0 Å². The van der Waals surface area contributed by atoms with E-state index in [0.29, 0.717) is 52.4 Å². The van der Waals surface area contributed by atoms with Crippen LogP contribution in [0.15, 0.2) is 78.4 Å². The van der Waals surface area contributed by atoms with Crippen molar-refractivity contribution in [3.8, 4) is 11.5 Å². The molecule has 1 aromatic heterocycles. The van der Waals surface area contributed by atoms with Gasteiger partial charge in [-0.25, -0.2) is 4.98 Å². The number of ether oxygens (including phenoxy) is 2. The van der Waals surface area contributed by atoms with E-state index in [0.717, 1.165) is 11.1 Å². The van der Waals surface area contributed by atoms with Crippen molar-refractivity contribution >= 4 is 44.1 Å². The van der Waals surface area contributed by atoms with Gasteiger partial charge in [0, 0.05) is 5.56 Å². The smallest absolute Gasteiger partial charge is 0.301 e. The fourth-order valence-electron chi connectivity index (χ4n) is 4.54. The molecule has 1 aliphatic rings. The number of carbonyl (C=O) groups excluding carboxylic acids is 2. The summed E-state index contributed by atoms with van der Waals surface area (Å²) in [6.45, 7) is 7.25. The Labute approximate surface area is 231 Å². The molecule has 1 unspecified atom stereocenters. The van der Waals surface area contributed by atoms with Crippen LogP contribution < -0.4 is 14.4 Å². The minimum atomic E-state index is -0.884. The Kier molecular flexibility index (Phi) is 7.65. The molecule has 1 amide bonds. The van der Waals surface area contributed by atoms with Crippen LogP contribution in [0, 0.1) is 5.92 Å². The minimum Gasteiger partial charge on any atom is -0.507 e. The molecule has 0 radical (unpaired) electrons. The van der Waals surface area contributed by atoms with E-state index in [-0.39, 0.29) is 11.3 Å². The lowest BCUT2D eigenvalue weighted by Gasteiger charge is -2.23. The van der Waals surface area contributed by atoms with Gasteiger partial charge < -0.3 is 14.6 Å². The summed E-state index contributed by atoms with van der Waals surface area (Å²) in [5.41, 5.74) is 1.80. The molecule has 1 fully saturated rings. The second-order valence-electron chi connectivity index (χ2n) is 9.70. The molecule has 0 saturated carbocycles. The van der Waals surface area contributed by atoms with Crippen LogP contribution in [0.25, 0.3) is 16.0 Å². The number of fused-ring (bicyclic) bond motifs is 1. The van der Waals surface area contributed by atoms with Crippen LogP contribution in [0.4, 0.5) is 5.13 Å². The van der Waals surface area contributed by atoms with E-state index in [1.165, 1.54) is 16.2 Å². The average Bonchev–Trinajstić information content (AvgIpc) is 3.46. The zero-order valence-corrected chi connectivity index (χ0v) is 22.9. The van der Waals surface area contributed by atoms with Crippen molar-refractivity contribution in [2.45, 2.75) is 33.2 Å². The van der Waals surface area contributed by atoms with E-state index in [1.54, 1.807) is 24.3 Å². The molecule has 1 N–H and O–H groups in total. The van der Waals surface area contributed by atoms with E-state index in [4.69, 9.17) is 14.5 Å². The maximum absolute atomic E-state index is 13.6. The molecule has 8 heteroatoms. The number of hydrogen-bond donors (Lipinski definition) is 1. The van der Waals surface area contributed by atoms with Gasteiger partial charge in [0.25, 0.3) is 5.78 Å². The molecular weight excluding hydrogens is 512 g/mol. The minimum absolute atomic E-state index is 0.0137. The molecular formula is C31H30N2O5S. The van der Waals surface area contributed by atoms with Gasteiger partial charge in [-0.3, -0.25) is 14.5 Å². The molecule has 200 valence electrons. The van der Waals surface area contributed by atoms with Crippen LogP contribution in [0.3, 0.4) is 0 Å². The quantitative estimate of drug-likeness (QED) is 0.143. The highest BCUT2D eigenvalue weighted by Crippen LogP contribution is 2.45. The highest BCUT2D eigenvalue weighted by Gasteiger charge is 2.48. The van der Waals surface area contributed by atoms with Crippen LogP contribution >= 0.6 is 11.3 Å². The molecule has 0 bridgehead atoms. The Balaban J connectivity index is 1.63. The summed E-state index contributed by atoms with van der Waals surface area (Å²) in [5, 5.41) is 11.7. The third kappa shape index (κ3) is 5.38. The largest absolute Gasteiger partial charge is 0.507 e. The van der Waals surface area contributed by atoms with Gasteiger partial charge in [0.05, 0.1) is 35.0 Å². The number of aliphatic hydroxyl groups excluding tert-OH is 1. The Morgan fingerprint density at radius 2 is 1.77 bits per heavy atom. The average molecular weight is 543 g/mol. The number of Topliss-reactive ketones (excluding diaryl/α,β-unsaturated/α-hetero) is 1. The van der Waals surface area contributed by atoms with Crippen molar-refractivity contribution in [3.63, 3.8) is 0 Å². The van der Waals surface area contributed by atoms with Gasteiger partial charge in [-0.05, 0) is 55.2 Å². The van der Waals surface area contributed by atoms with Crippen LogP contribution in [0.1, 0.15) is 44.4 Å². The number of benzene rings is 3. The summed E-state index contributed by atoms with van der Waals surface area (Å²) in [6, 6.07) is 20.8. The van der Waals surface area contributed by atoms with Gasteiger partial charge in [-0.15, -0.1) is 0 Å². The number of hydrogen-bond acceptors (Lipinski definition) is 7. The molecule has 1 atom stereocenters. The molecule has 7 nitrogen and oxygen atoms in total. The number of aliphatic hydroxyl groups is 1. The number of carbonyl (C=O) groups is 2. The van der Waals surface area contributed by atoms with E-state index in [2.05, 4.69) is 13.8 Å². The molecule has 2 heterocycles. The molecule has 4 aromatic rings. The van der Waals surface area contributed by atoms with Gasteiger partial charge in [-0.1, -0.05) is 67.6 Å². The summed E-state index contributed by atoms with van der Waals surface area (Å²) in [6.07, 6.45) is 0.895. The fourth-order valence-corrected chi connectivity index (χ4v) is 5.56. The number of aromatic nitrogens is 1. The van der Waals surface area contributed by atoms with E-state index >= 15 is 0 Å². The predicted molar refractivity (Wildman–Crippen MR) is 153 cm³/mol. The summed E-state index contributed by atoms with van der Waals surface area (Å²) in [5.74, 6) is 0.0911. The normalized spacial score (nSPS) is 16.8. The SMILES string of the molecule is CCOc1ccc2nc(N3C(=O)C(=O)/C(=C(/O)c4ccccc4)C3c3cccc(OCCC(C)C)c3)sc2c1. The first-order chi connectivity index (χ1) is 18.9. The molecule has 0 aliphatic carbocycles. The highest BCUT2D eigenvalue weighted by atomic mass is 32.1. The van der Waals surface area contributed by atoms with Crippen molar-refractivity contribution in [2.24, 2.45) is 5.92 Å². The highest BCUT2D eigenvalue weighted by molar-refractivity contribution is 7.22. The third-order valence-electron chi connectivity index (χ3n) is 6.50. The van der Waals surface area contributed by atoms with Crippen LogP contribution in [0.2, 0.25) is 0 Å². The van der Waals surface area contributed by atoms with Crippen molar-refractivity contribution in [1.82, 2.24) is 4.98 Å². The number of amides is 1. The fraction of sp³-hybridized carbons (Fsp3) is 0.258. The lowest BCUT2D eigenvalue weighted by atomic mass is 9.95. The lowest BCUT2D eigenvalue weighted by Crippen LogP contribution is -2.29. The maximum Gasteiger partial charge on any atom is 0.301 e. The van der Waals surface area contributed by atoms with Crippen LogP contribution in [0.5, 0.6) is 11.5 Å². The Hall–Kier alpha value is -4.17. The Morgan fingerprint density at radius 1 is 1.00 bits per heavy atom. The number of rotatable bonds is 9. The number of anilines is 1. The van der Waals surface area contributed by atoms with Crippen molar-refractivity contribution in [1.29, 1.82) is 0 Å². The monoisotopic (exact) mass is 542 g/mol. The zero-order valence-electron chi connectivity index (χ0n) is 22.1. The summed E-state index contributed by atoms with van der Waals surface area (Å²) >= 11 is 1.30. The van der Waals surface area contributed by atoms with Gasteiger partial charge >= 0.3 is 5.91 Å². The van der Waals surface area contributed by atoms with Crippen molar-refractivity contribution < 1.29 is 24.2 Å². The first-order valence-corrected chi connectivity index (χ1v) is 13.8. The second kappa shape index (κ2) is 11.3. The van der Waals surface area contributed by atoms with Crippen molar-refractivity contribution in [3.05, 3.63) is 89.5 Å². The van der Waals surface area contributed by atoms with Crippen LogP contribution in [-0.2, 0) is 9.59 Å². The Bertz CT molecular complexity index is 1540. The molecule has 1 aliphatic heterocycles. The molecule has 1 saturated heterocycles. The lowest BCUT2D eigenvalue weighted by molar-refractivity contribution is -0.132. The molecule has 0 spiro atoms. The first kappa shape index (κ1) is 26.4. The predicted octanol–water partition coefficient (Wildman–Crippen LogP) is 6.75. The molecule has 5 rings (SSSR count). The Morgan fingerprint density at radius 3 is 2.51 bits per heavy atom. The number of thiazole rings is 1. The molecule has 39 heavy (non-hydrogen) atoms. The van der Waals surface area contributed by atoms with Gasteiger partial charge in [0.1, 0.15) is 17.3 Å². The van der Waals surface area contributed by atoms with E-state index in [1.807, 2.05) is 55.5 Å². The summed E-state index contributed by atoms with van der Waals surface area (Å²) in [4.78, 5) is 33.1.